The molecule has 0 aliphatic carbocycles. The Morgan fingerprint density at radius 3 is 1.91 bits per heavy atom. The molecular weight excluding hydrogens is 280 g/mol. The highest BCUT2D eigenvalue weighted by atomic mass is 16.1. The first kappa shape index (κ1) is 17.5. The van der Waals surface area contributed by atoms with E-state index in [1.807, 2.05) is 42.5 Å². The highest BCUT2D eigenvalue weighted by Gasteiger charge is 2.07. The van der Waals surface area contributed by atoms with Crippen molar-refractivity contribution in [3.63, 3.8) is 0 Å². The Bertz CT molecular complexity index is 569. The van der Waals surface area contributed by atoms with E-state index in [0.717, 1.165) is 17.5 Å². The Labute approximate surface area is 140 Å². The largest absolute Gasteiger partial charge is 0.289 e. The van der Waals surface area contributed by atoms with Crippen LogP contribution in [0.4, 0.5) is 0 Å². The quantitative estimate of drug-likeness (QED) is 0.376. The van der Waals surface area contributed by atoms with Crippen LogP contribution < -0.4 is 0 Å². The first-order chi connectivity index (χ1) is 11.3. The summed E-state index contributed by atoms with van der Waals surface area (Å²) in [5.41, 5.74) is 2.87. The van der Waals surface area contributed by atoms with Crippen molar-refractivity contribution in [3.05, 3.63) is 71.3 Å². The van der Waals surface area contributed by atoms with Crippen molar-refractivity contribution >= 4 is 5.78 Å². The van der Waals surface area contributed by atoms with Crippen molar-refractivity contribution < 1.29 is 4.79 Å². The van der Waals surface area contributed by atoms with Crippen molar-refractivity contribution in [3.8, 4) is 0 Å². The zero-order valence-electron chi connectivity index (χ0n) is 14.3. The minimum absolute atomic E-state index is 0.105. The van der Waals surface area contributed by atoms with E-state index in [4.69, 9.17) is 0 Å². The lowest BCUT2D eigenvalue weighted by Crippen LogP contribution is -2.00. The highest BCUT2D eigenvalue weighted by molar-refractivity contribution is 6.08. The molecule has 1 nitrogen and oxygen atoms in total. The summed E-state index contributed by atoms with van der Waals surface area (Å²) in [5.74, 6) is 0.105. The second kappa shape index (κ2) is 9.99. The molecule has 0 aliphatic rings. The maximum Gasteiger partial charge on any atom is 0.193 e. The first-order valence-corrected chi connectivity index (χ1v) is 9.00. The topological polar surface area (TPSA) is 17.1 Å². The molecule has 2 aromatic carbocycles. The van der Waals surface area contributed by atoms with Gasteiger partial charge in [0.1, 0.15) is 0 Å². The fourth-order valence-corrected chi connectivity index (χ4v) is 2.87. The van der Waals surface area contributed by atoms with Gasteiger partial charge in [-0.3, -0.25) is 4.79 Å². The molecule has 122 valence electrons. The number of ketones is 1. The van der Waals surface area contributed by atoms with Gasteiger partial charge < -0.3 is 0 Å². The number of aryl methyl sites for hydroxylation is 1. The maximum absolute atomic E-state index is 12.3. The van der Waals surface area contributed by atoms with E-state index in [0.29, 0.717) is 0 Å². The Morgan fingerprint density at radius 2 is 1.26 bits per heavy atom. The number of rotatable bonds is 10. The summed E-state index contributed by atoms with van der Waals surface area (Å²) >= 11 is 0. The van der Waals surface area contributed by atoms with Gasteiger partial charge in [-0.25, -0.2) is 0 Å². The van der Waals surface area contributed by atoms with Crippen LogP contribution in [0, 0.1) is 0 Å². The number of carbonyl (C=O) groups excluding carboxylic acids is 1. The van der Waals surface area contributed by atoms with Crippen LogP contribution in [0.15, 0.2) is 54.6 Å². The molecule has 0 atom stereocenters. The van der Waals surface area contributed by atoms with Crippen LogP contribution >= 0.6 is 0 Å². The Balaban J connectivity index is 1.75. The van der Waals surface area contributed by atoms with Crippen LogP contribution in [-0.2, 0) is 6.42 Å². The van der Waals surface area contributed by atoms with Crippen molar-refractivity contribution in [1.29, 1.82) is 0 Å². The van der Waals surface area contributed by atoms with Crippen molar-refractivity contribution in [2.45, 2.75) is 58.3 Å². The van der Waals surface area contributed by atoms with Crippen LogP contribution in [0.2, 0.25) is 0 Å². The summed E-state index contributed by atoms with van der Waals surface area (Å²) in [5, 5.41) is 0. The summed E-state index contributed by atoms with van der Waals surface area (Å²) in [4.78, 5) is 12.3. The van der Waals surface area contributed by atoms with Crippen LogP contribution in [0.25, 0.3) is 0 Å². The number of benzene rings is 2. The van der Waals surface area contributed by atoms with Crippen molar-refractivity contribution in [1.82, 2.24) is 0 Å². The highest BCUT2D eigenvalue weighted by Crippen LogP contribution is 2.14. The summed E-state index contributed by atoms with van der Waals surface area (Å²) in [6.45, 7) is 2.26. The third kappa shape index (κ3) is 6.02. The standard InChI is InChI=1S/C22H28O/c1-2-3-4-5-6-7-9-12-19-15-17-21(18-16-19)22(23)20-13-10-8-11-14-20/h8,10-11,13-18H,2-7,9,12H2,1H3. The van der Waals surface area contributed by atoms with E-state index in [1.165, 1.54) is 50.5 Å². The molecule has 0 saturated carbocycles. The third-order valence-electron chi connectivity index (χ3n) is 4.32. The van der Waals surface area contributed by atoms with Gasteiger partial charge in [-0.05, 0) is 18.4 Å². The number of carbonyl (C=O) groups is 1. The van der Waals surface area contributed by atoms with Gasteiger partial charge in [0.05, 0.1) is 0 Å². The lowest BCUT2D eigenvalue weighted by Gasteiger charge is -2.05. The summed E-state index contributed by atoms with van der Waals surface area (Å²) in [7, 11) is 0. The lowest BCUT2D eigenvalue weighted by atomic mass is 10.00. The van der Waals surface area contributed by atoms with E-state index >= 15 is 0 Å². The molecule has 0 bridgehead atoms. The Kier molecular flexibility index (Phi) is 7.59. The molecule has 0 saturated heterocycles. The summed E-state index contributed by atoms with van der Waals surface area (Å²) in [6, 6.07) is 17.6. The van der Waals surface area contributed by atoms with Gasteiger partial charge in [0, 0.05) is 11.1 Å². The lowest BCUT2D eigenvalue weighted by molar-refractivity contribution is 0.103. The van der Waals surface area contributed by atoms with E-state index < -0.39 is 0 Å². The second-order valence-corrected chi connectivity index (χ2v) is 6.26. The van der Waals surface area contributed by atoms with Crippen LogP contribution in [-0.4, -0.2) is 5.78 Å². The normalized spacial score (nSPS) is 10.7. The Morgan fingerprint density at radius 1 is 0.696 bits per heavy atom. The van der Waals surface area contributed by atoms with Crippen LogP contribution in [0.1, 0.15) is 73.4 Å². The molecule has 0 fully saturated rings. The second-order valence-electron chi connectivity index (χ2n) is 6.26. The molecular formula is C22H28O. The number of hydrogen-bond donors (Lipinski definition) is 0. The van der Waals surface area contributed by atoms with Gasteiger partial charge in [0.25, 0.3) is 0 Å². The molecule has 0 heterocycles. The van der Waals surface area contributed by atoms with E-state index in [1.54, 1.807) is 0 Å². The molecule has 0 radical (unpaired) electrons. The molecule has 2 rings (SSSR count). The SMILES string of the molecule is CCCCCCCCCc1ccc(C(=O)c2ccccc2)cc1. The van der Waals surface area contributed by atoms with Crippen molar-refractivity contribution in [2.24, 2.45) is 0 Å². The molecule has 1 heteroatoms. The molecule has 0 aromatic heterocycles. The molecule has 2 aromatic rings. The minimum atomic E-state index is 0.105. The molecule has 0 N–H and O–H groups in total. The number of hydrogen-bond acceptors (Lipinski definition) is 1. The van der Waals surface area contributed by atoms with E-state index in [2.05, 4.69) is 19.1 Å². The van der Waals surface area contributed by atoms with Gasteiger partial charge in [0.15, 0.2) is 5.78 Å². The van der Waals surface area contributed by atoms with Gasteiger partial charge in [-0.1, -0.05) is 100 Å². The van der Waals surface area contributed by atoms with Gasteiger partial charge in [0.2, 0.25) is 0 Å². The molecule has 0 spiro atoms. The van der Waals surface area contributed by atoms with Crippen LogP contribution in [0.5, 0.6) is 0 Å². The van der Waals surface area contributed by atoms with Crippen molar-refractivity contribution in [2.75, 3.05) is 0 Å². The zero-order chi connectivity index (χ0) is 16.3. The van der Waals surface area contributed by atoms with Crippen LogP contribution in [0.3, 0.4) is 0 Å². The summed E-state index contributed by atoms with van der Waals surface area (Å²) < 4.78 is 0. The fraction of sp³-hybridized carbons (Fsp3) is 0.409. The minimum Gasteiger partial charge on any atom is -0.289 e. The summed E-state index contributed by atoms with van der Waals surface area (Å²) in [6.07, 6.45) is 10.5. The molecule has 0 unspecified atom stereocenters. The molecule has 0 aliphatic heterocycles. The average Bonchev–Trinajstić information content (AvgIpc) is 2.61. The zero-order valence-corrected chi connectivity index (χ0v) is 14.3. The smallest absolute Gasteiger partial charge is 0.193 e. The first-order valence-electron chi connectivity index (χ1n) is 9.00. The monoisotopic (exact) mass is 308 g/mol. The maximum atomic E-state index is 12.3. The third-order valence-corrected chi connectivity index (χ3v) is 4.32. The van der Waals surface area contributed by atoms with Gasteiger partial charge in [-0.2, -0.15) is 0 Å². The average molecular weight is 308 g/mol. The Hall–Kier alpha value is -1.89. The van der Waals surface area contributed by atoms with Gasteiger partial charge in [-0.15, -0.1) is 0 Å². The molecule has 0 amide bonds. The van der Waals surface area contributed by atoms with E-state index in [9.17, 15) is 4.79 Å². The van der Waals surface area contributed by atoms with E-state index in [-0.39, 0.29) is 5.78 Å². The fourth-order valence-electron chi connectivity index (χ4n) is 2.87. The molecule has 23 heavy (non-hydrogen) atoms. The predicted octanol–water partition coefficient (Wildman–Crippen LogP) is 6.21. The number of unbranched alkanes of at least 4 members (excludes halogenated alkanes) is 6. The van der Waals surface area contributed by atoms with Gasteiger partial charge >= 0.3 is 0 Å². The predicted molar refractivity (Wildman–Crippen MR) is 98.0 cm³/mol.